The minimum absolute atomic E-state index is 0.410. The molecule has 2 aromatic heterocycles. The molecule has 7 nitrogen and oxygen atoms in total. The van der Waals surface area contributed by atoms with Gasteiger partial charge in [-0.2, -0.15) is 4.98 Å². The Morgan fingerprint density at radius 2 is 2.08 bits per heavy atom. The Bertz CT molecular complexity index is 899. The molecule has 1 aromatic carbocycles. The van der Waals surface area contributed by atoms with Gasteiger partial charge in [-0.1, -0.05) is 6.07 Å². The number of hydrogen-bond donors (Lipinski definition) is 1. The zero-order valence-corrected chi connectivity index (χ0v) is 15.5. The lowest BCUT2D eigenvalue weighted by molar-refractivity contribution is 0.198. The Labute approximate surface area is 156 Å². The number of benzene rings is 1. The maximum Gasteiger partial charge on any atom is 0.245 e. The van der Waals surface area contributed by atoms with Gasteiger partial charge in [0, 0.05) is 55.2 Å². The molecule has 0 saturated carbocycles. The fraction of sp³-hybridized carbons (Fsp3) is 0.389. The van der Waals surface area contributed by atoms with E-state index in [9.17, 15) is 0 Å². The van der Waals surface area contributed by atoms with Gasteiger partial charge in [-0.15, -0.1) is 16.9 Å². The van der Waals surface area contributed by atoms with Crippen LogP contribution in [0.5, 0.6) is 0 Å². The summed E-state index contributed by atoms with van der Waals surface area (Å²) in [6.45, 7) is 6.19. The average Bonchev–Trinajstić information content (AvgIpc) is 3.33. The van der Waals surface area contributed by atoms with Crippen LogP contribution >= 0.6 is 11.8 Å². The zero-order valence-electron chi connectivity index (χ0n) is 14.7. The molecule has 1 unspecified atom stereocenters. The second-order valence-electron chi connectivity index (χ2n) is 6.71. The second kappa shape index (κ2) is 6.44. The van der Waals surface area contributed by atoms with Crippen molar-refractivity contribution in [1.82, 2.24) is 24.5 Å². The molecule has 1 saturated heterocycles. The summed E-state index contributed by atoms with van der Waals surface area (Å²) in [5.41, 5.74) is 3.45. The van der Waals surface area contributed by atoms with Crippen molar-refractivity contribution in [3.63, 3.8) is 0 Å². The zero-order chi connectivity index (χ0) is 17.5. The van der Waals surface area contributed by atoms with Gasteiger partial charge in [0.15, 0.2) is 5.65 Å². The summed E-state index contributed by atoms with van der Waals surface area (Å²) in [7, 11) is 0. The molecule has 4 heterocycles. The molecular formula is C18H21N7S. The van der Waals surface area contributed by atoms with Gasteiger partial charge in [0.05, 0.1) is 12.1 Å². The van der Waals surface area contributed by atoms with Crippen molar-refractivity contribution in [2.75, 3.05) is 42.3 Å². The van der Waals surface area contributed by atoms with Crippen LogP contribution in [0.25, 0.3) is 5.65 Å². The van der Waals surface area contributed by atoms with E-state index in [1.807, 2.05) is 18.0 Å². The molecule has 0 amide bonds. The molecule has 1 fully saturated rings. The molecule has 0 bridgehead atoms. The van der Waals surface area contributed by atoms with Crippen molar-refractivity contribution in [1.29, 1.82) is 0 Å². The van der Waals surface area contributed by atoms with E-state index in [1.54, 1.807) is 16.9 Å². The third-order valence-corrected chi connectivity index (χ3v) is 6.21. The highest BCUT2D eigenvalue weighted by molar-refractivity contribution is 7.99. The molecule has 2 aliphatic heterocycles. The third-order valence-electron chi connectivity index (χ3n) is 5.25. The Morgan fingerprint density at radius 1 is 1.19 bits per heavy atom. The van der Waals surface area contributed by atoms with Crippen molar-refractivity contribution in [3.05, 3.63) is 42.4 Å². The Kier molecular flexibility index (Phi) is 3.94. The lowest BCUT2D eigenvalue weighted by Crippen LogP contribution is -2.47. The molecular weight excluding hydrogens is 346 g/mol. The van der Waals surface area contributed by atoms with E-state index in [-0.39, 0.29) is 0 Å². The van der Waals surface area contributed by atoms with E-state index >= 15 is 0 Å². The van der Waals surface area contributed by atoms with Crippen molar-refractivity contribution in [2.45, 2.75) is 17.9 Å². The number of thioether (sulfide) groups is 1. The predicted molar refractivity (Wildman–Crippen MR) is 104 cm³/mol. The van der Waals surface area contributed by atoms with E-state index < -0.39 is 0 Å². The first kappa shape index (κ1) is 15.9. The molecule has 0 radical (unpaired) electrons. The average molecular weight is 367 g/mol. The number of piperazine rings is 1. The number of nitrogens with zero attached hydrogens (tertiary/aromatic N) is 6. The third kappa shape index (κ3) is 2.79. The van der Waals surface area contributed by atoms with Crippen LogP contribution in [0.4, 0.5) is 11.6 Å². The van der Waals surface area contributed by atoms with Crippen molar-refractivity contribution in [3.8, 4) is 0 Å². The van der Waals surface area contributed by atoms with Crippen molar-refractivity contribution in [2.24, 2.45) is 0 Å². The molecule has 1 N–H and O–H groups in total. The summed E-state index contributed by atoms with van der Waals surface area (Å²) in [4.78, 5) is 14.9. The van der Waals surface area contributed by atoms with Gasteiger partial charge in [-0.05, 0) is 24.6 Å². The fourth-order valence-electron chi connectivity index (χ4n) is 3.65. The Hall–Kier alpha value is -2.32. The minimum Gasteiger partial charge on any atom is -0.375 e. The van der Waals surface area contributed by atoms with E-state index in [2.05, 4.69) is 55.3 Å². The van der Waals surface area contributed by atoms with Crippen molar-refractivity contribution < 1.29 is 0 Å². The molecule has 8 heteroatoms. The summed E-state index contributed by atoms with van der Waals surface area (Å²) >= 11 is 1.87. The quantitative estimate of drug-likeness (QED) is 0.763. The highest BCUT2D eigenvalue weighted by Gasteiger charge is 2.25. The predicted octanol–water partition coefficient (Wildman–Crippen LogP) is 2.48. The van der Waals surface area contributed by atoms with Crippen LogP contribution in [0.15, 0.2) is 41.7 Å². The smallest absolute Gasteiger partial charge is 0.245 e. The Balaban J connectivity index is 1.27. The molecule has 2 aliphatic rings. The summed E-state index contributed by atoms with van der Waals surface area (Å²) in [5, 5.41) is 8.02. The van der Waals surface area contributed by atoms with E-state index in [4.69, 9.17) is 0 Å². The van der Waals surface area contributed by atoms with Gasteiger partial charge < -0.3 is 10.2 Å². The molecule has 26 heavy (non-hydrogen) atoms. The van der Waals surface area contributed by atoms with Gasteiger partial charge in [0.1, 0.15) is 0 Å². The summed E-state index contributed by atoms with van der Waals surface area (Å²) in [5.74, 6) is 1.77. The van der Waals surface area contributed by atoms with Gasteiger partial charge in [-0.25, -0.2) is 4.52 Å². The lowest BCUT2D eigenvalue weighted by atomic mass is 10.1. The van der Waals surface area contributed by atoms with E-state index in [0.29, 0.717) is 6.04 Å². The maximum absolute atomic E-state index is 4.59. The molecule has 1 atom stereocenters. The highest BCUT2D eigenvalue weighted by Crippen LogP contribution is 2.36. The molecule has 0 aliphatic carbocycles. The largest absolute Gasteiger partial charge is 0.375 e. The van der Waals surface area contributed by atoms with Gasteiger partial charge in [-0.3, -0.25) is 9.88 Å². The molecule has 5 rings (SSSR count). The number of aromatic nitrogens is 4. The standard InChI is InChI=1S/C18H21N7S/c1-13(14-2-3-16-15(10-14)20-12-26-16)23-6-8-24(9-7-23)18-21-17-11-19-4-5-25(17)22-18/h2-5,10-11,13,20H,6-9,12H2,1H3. The topological polar surface area (TPSA) is 61.6 Å². The van der Waals surface area contributed by atoms with Crippen LogP contribution < -0.4 is 10.2 Å². The number of fused-ring (bicyclic) bond motifs is 2. The van der Waals surface area contributed by atoms with Gasteiger partial charge >= 0.3 is 0 Å². The Morgan fingerprint density at radius 3 is 2.92 bits per heavy atom. The van der Waals surface area contributed by atoms with Gasteiger partial charge in [0.2, 0.25) is 5.95 Å². The molecule has 134 valence electrons. The van der Waals surface area contributed by atoms with Crippen LogP contribution in [-0.2, 0) is 0 Å². The van der Waals surface area contributed by atoms with Crippen molar-refractivity contribution >= 4 is 29.0 Å². The van der Waals surface area contributed by atoms with Crippen LogP contribution in [0.3, 0.4) is 0 Å². The molecule has 3 aromatic rings. The van der Waals surface area contributed by atoms with Crippen LogP contribution in [0, 0.1) is 0 Å². The van der Waals surface area contributed by atoms with E-state index in [0.717, 1.165) is 43.7 Å². The number of nitrogens with one attached hydrogen (secondary N) is 1. The first-order chi connectivity index (χ1) is 12.8. The maximum atomic E-state index is 4.59. The van der Waals surface area contributed by atoms with E-state index in [1.165, 1.54) is 16.1 Å². The first-order valence-electron chi connectivity index (χ1n) is 8.94. The highest BCUT2D eigenvalue weighted by atomic mass is 32.2. The number of rotatable bonds is 3. The van der Waals surface area contributed by atoms with Crippen LogP contribution in [-0.4, -0.2) is 56.5 Å². The minimum atomic E-state index is 0.410. The SMILES string of the molecule is CC(c1ccc2c(c1)NCS2)N1CCN(c2nc3cnccn3n2)CC1. The number of anilines is 2. The second-order valence-corrected chi connectivity index (χ2v) is 7.73. The first-order valence-corrected chi connectivity index (χ1v) is 9.92. The molecule has 0 spiro atoms. The fourth-order valence-corrected chi connectivity index (χ4v) is 4.48. The monoisotopic (exact) mass is 367 g/mol. The summed E-state index contributed by atoms with van der Waals surface area (Å²) < 4.78 is 1.78. The number of hydrogen-bond acceptors (Lipinski definition) is 7. The summed E-state index contributed by atoms with van der Waals surface area (Å²) in [6.07, 6.45) is 5.31. The summed E-state index contributed by atoms with van der Waals surface area (Å²) in [6, 6.07) is 7.24. The van der Waals surface area contributed by atoms with Crippen LogP contribution in [0.1, 0.15) is 18.5 Å². The normalized spacial score (nSPS) is 18.7. The lowest BCUT2D eigenvalue weighted by Gasteiger charge is -2.37. The van der Waals surface area contributed by atoms with Gasteiger partial charge in [0.25, 0.3) is 0 Å². The van der Waals surface area contributed by atoms with Crippen LogP contribution in [0.2, 0.25) is 0 Å².